The second-order valence-corrected chi connectivity index (χ2v) is 4.77. The Balaban J connectivity index is 2.13. The average molecular weight is 304 g/mol. The second-order valence-electron chi connectivity index (χ2n) is 4.77. The molecule has 0 saturated carbocycles. The molecule has 0 unspecified atom stereocenters. The number of nitrogens with zero attached hydrogens (tertiary/aromatic N) is 3. The summed E-state index contributed by atoms with van der Waals surface area (Å²) in [4.78, 5) is 4.06. The molecule has 114 valence electrons. The fourth-order valence-electron chi connectivity index (χ4n) is 2.15. The van der Waals surface area contributed by atoms with E-state index >= 15 is 0 Å². The van der Waals surface area contributed by atoms with Crippen molar-refractivity contribution in [2.45, 2.75) is 6.10 Å². The lowest BCUT2D eigenvalue weighted by molar-refractivity contribution is -0.380. The van der Waals surface area contributed by atoms with E-state index in [0.717, 1.165) is 0 Å². The largest absolute Gasteiger partial charge is 0.389 e. The van der Waals surface area contributed by atoms with Gasteiger partial charge in [-0.3, -0.25) is 0 Å². The quantitative estimate of drug-likeness (QED) is 0.534. The summed E-state index contributed by atoms with van der Waals surface area (Å²) in [6.45, 7) is 0. The summed E-state index contributed by atoms with van der Waals surface area (Å²) in [5.74, 6) is 0.137. The number of anilines is 1. The van der Waals surface area contributed by atoms with E-state index in [-0.39, 0.29) is 0 Å². The molecule has 3 aromatic rings. The molecule has 0 aliphatic carbocycles. The van der Waals surface area contributed by atoms with Crippen molar-refractivity contribution in [1.29, 1.82) is 0 Å². The number of nitrogens with one attached hydrogen (secondary N) is 1. The van der Waals surface area contributed by atoms with Gasteiger partial charge in [0.2, 0.25) is 0 Å². The standard InChI is InChI=1S/C14H13FN4O3/c1-16-13-4-9-2-8(3-12(15)11(9)6-17-13)10-5-18-19(7-10)14(20,21)22/h2-7,20-22H,1H3,(H,16,17). The van der Waals surface area contributed by atoms with Gasteiger partial charge in [-0.15, -0.1) is 0 Å². The van der Waals surface area contributed by atoms with Gasteiger partial charge in [0, 0.05) is 30.4 Å². The highest BCUT2D eigenvalue weighted by atomic mass is 19.1. The molecule has 8 heteroatoms. The molecule has 1 aromatic carbocycles. The summed E-state index contributed by atoms with van der Waals surface area (Å²) in [5, 5.41) is 34.7. The SMILES string of the molecule is CNc1cc2cc(-c3cnn(C(O)(O)O)c3)cc(F)c2cn1. The Bertz CT molecular complexity index is 842. The fourth-order valence-corrected chi connectivity index (χ4v) is 2.15. The van der Waals surface area contributed by atoms with Crippen molar-refractivity contribution in [3.05, 3.63) is 42.6 Å². The van der Waals surface area contributed by atoms with Gasteiger partial charge in [0.1, 0.15) is 11.6 Å². The van der Waals surface area contributed by atoms with Gasteiger partial charge < -0.3 is 20.6 Å². The minimum Gasteiger partial charge on any atom is -0.373 e. The number of aliphatic hydroxyl groups is 3. The van der Waals surface area contributed by atoms with Crippen LogP contribution in [0.5, 0.6) is 0 Å². The van der Waals surface area contributed by atoms with Gasteiger partial charge in [0.15, 0.2) is 0 Å². The van der Waals surface area contributed by atoms with E-state index in [1.54, 1.807) is 19.2 Å². The van der Waals surface area contributed by atoms with Crippen LogP contribution in [-0.4, -0.2) is 37.1 Å². The van der Waals surface area contributed by atoms with Crippen LogP contribution >= 0.6 is 0 Å². The van der Waals surface area contributed by atoms with Gasteiger partial charge in [-0.25, -0.2) is 9.37 Å². The van der Waals surface area contributed by atoms with Gasteiger partial charge in [-0.05, 0) is 29.1 Å². The number of rotatable bonds is 3. The lowest BCUT2D eigenvalue weighted by Crippen LogP contribution is -2.32. The minimum absolute atomic E-state index is 0.371. The number of pyridine rings is 1. The molecule has 0 aliphatic rings. The molecular weight excluding hydrogens is 291 g/mol. The maximum absolute atomic E-state index is 14.2. The van der Waals surface area contributed by atoms with E-state index in [4.69, 9.17) is 15.3 Å². The zero-order chi connectivity index (χ0) is 15.9. The number of hydrogen-bond donors (Lipinski definition) is 4. The van der Waals surface area contributed by atoms with Crippen molar-refractivity contribution in [2.24, 2.45) is 0 Å². The second kappa shape index (κ2) is 5.02. The molecule has 7 nitrogen and oxygen atoms in total. The molecule has 0 aliphatic heterocycles. The summed E-state index contributed by atoms with van der Waals surface area (Å²) in [7, 11) is 1.71. The monoisotopic (exact) mass is 304 g/mol. The van der Waals surface area contributed by atoms with Crippen molar-refractivity contribution in [1.82, 2.24) is 14.8 Å². The Morgan fingerprint density at radius 2 is 1.91 bits per heavy atom. The van der Waals surface area contributed by atoms with E-state index < -0.39 is 11.9 Å². The van der Waals surface area contributed by atoms with Crippen LogP contribution in [0.2, 0.25) is 0 Å². The molecule has 0 radical (unpaired) electrons. The lowest BCUT2D eigenvalue weighted by atomic mass is 10.0. The number of fused-ring (bicyclic) bond motifs is 1. The zero-order valence-electron chi connectivity index (χ0n) is 11.5. The number of aromatic nitrogens is 3. The molecule has 0 amide bonds. The molecule has 4 N–H and O–H groups in total. The Labute approximate surface area is 124 Å². The molecule has 0 saturated heterocycles. The third kappa shape index (κ3) is 2.50. The highest BCUT2D eigenvalue weighted by Crippen LogP contribution is 2.28. The summed E-state index contributed by atoms with van der Waals surface area (Å²) < 4.78 is 14.7. The van der Waals surface area contributed by atoms with Crippen molar-refractivity contribution < 1.29 is 19.7 Å². The van der Waals surface area contributed by atoms with E-state index in [1.165, 1.54) is 24.7 Å². The molecule has 22 heavy (non-hydrogen) atoms. The first-order chi connectivity index (χ1) is 10.4. The Hall–Kier alpha value is -2.55. The summed E-state index contributed by atoms with van der Waals surface area (Å²) >= 11 is 0. The Morgan fingerprint density at radius 3 is 2.55 bits per heavy atom. The maximum atomic E-state index is 14.2. The van der Waals surface area contributed by atoms with E-state index in [1.807, 2.05) is 0 Å². The lowest BCUT2D eigenvalue weighted by Gasteiger charge is -2.12. The van der Waals surface area contributed by atoms with Gasteiger partial charge in [-0.2, -0.15) is 9.78 Å². The molecule has 0 bridgehead atoms. The van der Waals surface area contributed by atoms with Crippen LogP contribution in [-0.2, 0) is 6.10 Å². The molecule has 0 spiro atoms. The summed E-state index contributed by atoms with van der Waals surface area (Å²) in [5.41, 5.74) is 0.902. The molecule has 0 atom stereocenters. The maximum Gasteiger partial charge on any atom is 0.389 e. The van der Waals surface area contributed by atoms with Crippen LogP contribution in [0.25, 0.3) is 21.9 Å². The van der Waals surface area contributed by atoms with Crippen LogP contribution < -0.4 is 5.32 Å². The Morgan fingerprint density at radius 1 is 1.14 bits per heavy atom. The zero-order valence-corrected chi connectivity index (χ0v) is 11.5. The molecule has 2 aromatic heterocycles. The van der Waals surface area contributed by atoms with Gasteiger partial charge in [-0.1, -0.05) is 0 Å². The third-order valence-corrected chi connectivity index (χ3v) is 3.27. The van der Waals surface area contributed by atoms with Crippen LogP contribution in [0.3, 0.4) is 0 Å². The average Bonchev–Trinajstić information content (AvgIpc) is 2.96. The number of halogens is 1. The minimum atomic E-state index is -3.10. The topological polar surface area (TPSA) is 103 Å². The first-order valence-electron chi connectivity index (χ1n) is 6.38. The molecule has 2 heterocycles. The van der Waals surface area contributed by atoms with E-state index in [0.29, 0.717) is 32.4 Å². The molecular formula is C14H13FN4O3. The molecule has 3 rings (SSSR count). The highest BCUT2D eigenvalue weighted by molar-refractivity contribution is 5.88. The third-order valence-electron chi connectivity index (χ3n) is 3.27. The van der Waals surface area contributed by atoms with Crippen molar-refractivity contribution in [3.63, 3.8) is 0 Å². The van der Waals surface area contributed by atoms with E-state index in [9.17, 15) is 4.39 Å². The van der Waals surface area contributed by atoms with Crippen LogP contribution in [0.1, 0.15) is 0 Å². The van der Waals surface area contributed by atoms with Crippen molar-refractivity contribution >= 4 is 16.6 Å². The van der Waals surface area contributed by atoms with Crippen molar-refractivity contribution in [3.8, 4) is 11.1 Å². The highest BCUT2D eigenvalue weighted by Gasteiger charge is 2.22. The number of benzene rings is 1. The predicted octanol–water partition coefficient (Wildman–Crippen LogP) is 0.824. The summed E-state index contributed by atoms with van der Waals surface area (Å²) in [6.07, 6.45) is 0.819. The van der Waals surface area contributed by atoms with Gasteiger partial charge in [0.05, 0.1) is 6.20 Å². The summed E-state index contributed by atoms with van der Waals surface area (Å²) in [6, 6.07) is 4.70. The first kappa shape index (κ1) is 14.4. The van der Waals surface area contributed by atoms with Crippen LogP contribution in [0.4, 0.5) is 10.2 Å². The van der Waals surface area contributed by atoms with Crippen molar-refractivity contribution in [2.75, 3.05) is 12.4 Å². The van der Waals surface area contributed by atoms with E-state index in [2.05, 4.69) is 15.4 Å². The predicted molar refractivity (Wildman–Crippen MR) is 77.1 cm³/mol. The smallest absolute Gasteiger partial charge is 0.373 e. The van der Waals surface area contributed by atoms with Gasteiger partial charge in [0.25, 0.3) is 0 Å². The Kier molecular flexibility index (Phi) is 3.28. The molecule has 0 fully saturated rings. The first-order valence-corrected chi connectivity index (χ1v) is 6.38. The van der Waals surface area contributed by atoms with Crippen LogP contribution in [0.15, 0.2) is 36.8 Å². The number of hydrogen-bond acceptors (Lipinski definition) is 6. The van der Waals surface area contributed by atoms with Gasteiger partial charge >= 0.3 is 6.10 Å². The normalized spacial score (nSPS) is 11.9. The van der Waals surface area contributed by atoms with Crippen LogP contribution in [0, 0.1) is 5.82 Å². The fraction of sp³-hybridized carbons (Fsp3) is 0.143.